The number of aryl methyl sites for hydroxylation is 2. The summed E-state index contributed by atoms with van der Waals surface area (Å²) >= 11 is 0. The Labute approximate surface area is 190 Å². The number of quaternary nitrogens is 1. The number of H-pyrrole nitrogens is 2. The second-order valence-corrected chi connectivity index (χ2v) is 7.65. The van der Waals surface area contributed by atoms with Gasteiger partial charge >= 0.3 is 12.1 Å². The number of aromatic amines is 2. The molecule has 0 aliphatic heterocycles. The molecular weight excluding hydrogens is 442 g/mol. The summed E-state index contributed by atoms with van der Waals surface area (Å²) in [6.07, 6.45) is 0. The minimum Gasteiger partial charge on any atom is -1.00 e. The molecule has 0 saturated heterocycles. The van der Waals surface area contributed by atoms with E-state index < -0.39 is 23.2 Å². The van der Waals surface area contributed by atoms with Crippen LogP contribution in [0.3, 0.4) is 0 Å². The van der Waals surface area contributed by atoms with Gasteiger partial charge in [-0.25, -0.2) is 9.59 Å². The van der Waals surface area contributed by atoms with Gasteiger partial charge in [0.05, 0.1) is 40.3 Å². The van der Waals surface area contributed by atoms with Crippen LogP contribution in [0.5, 0.6) is 0 Å². The molecule has 4 amide bonds. The fourth-order valence-corrected chi connectivity index (χ4v) is 2.63. The summed E-state index contributed by atoms with van der Waals surface area (Å²) < 4.78 is 0.527. The summed E-state index contributed by atoms with van der Waals surface area (Å²) in [5, 5.41) is 10.4. The van der Waals surface area contributed by atoms with Gasteiger partial charge in [-0.2, -0.15) is 9.97 Å². The number of urea groups is 2. The van der Waals surface area contributed by atoms with Crippen LogP contribution in [-0.2, 0) is 0 Å². The molecule has 2 heterocycles. The molecule has 0 unspecified atom stereocenters. The molecule has 2 aromatic heterocycles. The Morgan fingerprint density at radius 2 is 1.22 bits per heavy atom. The highest BCUT2D eigenvalue weighted by molar-refractivity contribution is 5.87. The van der Waals surface area contributed by atoms with Gasteiger partial charge in [0.1, 0.15) is 0 Å². The molecule has 0 radical (unpaired) electrons. The van der Waals surface area contributed by atoms with Crippen molar-refractivity contribution in [2.45, 2.75) is 13.8 Å². The average molecular weight is 470 g/mol. The van der Waals surface area contributed by atoms with Gasteiger partial charge in [0.15, 0.2) is 0 Å². The van der Waals surface area contributed by atoms with Crippen molar-refractivity contribution in [1.82, 2.24) is 30.6 Å². The quantitative estimate of drug-likeness (QED) is 0.219. The van der Waals surface area contributed by atoms with E-state index in [1.807, 2.05) is 14.1 Å². The van der Waals surface area contributed by atoms with E-state index in [0.29, 0.717) is 42.0 Å². The zero-order chi connectivity index (χ0) is 23.0. The van der Waals surface area contributed by atoms with Crippen LogP contribution in [0.2, 0.25) is 0 Å². The number of amides is 4. The Morgan fingerprint density at radius 1 is 0.844 bits per heavy atom. The van der Waals surface area contributed by atoms with Gasteiger partial charge < -0.3 is 37.5 Å². The highest BCUT2D eigenvalue weighted by Crippen LogP contribution is 1.98. The van der Waals surface area contributed by atoms with Crippen molar-refractivity contribution in [3.8, 4) is 0 Å². The first kappa shape index (κ1) is 26.6. The molecule has 14 heteroatoms. The van der Waals surface area contributed by atoms with Crippen molar-refractivity contribution in [2.24, 2.45) is 0 Å². The minimum atomic E-state index is -0.481. The first-order valence-corrected chi connectivity index (χ1v) is 9.60. The first-order chi connectivity index (χ1) is 14.5. The lowest BCUT2D eigenvalue weighted by Crippen LogP contribution is -3.00. The van der Waals surface area contributed by atoms with E-state index in [-0.39, 0.29) is 24.3 Å². The SMILES string of the molecule is Cc1cc(=O)nc(NC(=O)NCC[N+](C)(C)CCNC(=O)Nc2nc(=O)cc(C)[nH]2)[nH]1.[Cl-]. The van der Waals surface area contributed by atoms with E-state index in [1.165, 1.54) is 12.1 Å². The van der Waals surface area contributed by atoms with Crippen molar-refractivity contribution in [2.75, 3.05) is 50.9 Å². The molecule has 0 fully saturated rings. The van der Waals surface area contributed by atoms with E-state index in [4.69, 9.17) is 0 Å². The van der Waals surface area contributed by atoms with Gasteiger partial charge in [-0.3, -0.25) is 20.2 Å². The predicted molar refractivity (Wildman–Crippen MR) is 115 cm³/mol. The molecular formula is C18H28ClN9O4. The lowest BCUT2D eigenvalue weighted by atomic mass is 10.4. The molecule has 0 aliphatic rings. The number of hydrogen-bond donors (Lipinski definition) is 6. The van der Waals surface area contributed by atoms with E-state index >= 15 is 0 Å². The fourth-order valence-electron chi connectivity index (χ4n) is 2.63. The van der Waals surface area contributed by atoms with Crippen molar-refractivity contribution in [3.63, 3.8) is 0 Å². The number of aromatic nitrogens is 4. The molecule has 0 aromatic carbocycles. The Morgan fingerprint density at radius 3 is 1.56 bits per heavy atom. The highest BCUT2D eigenvalue weighted by atomic mass is 35.5. The molecule has 0 spiro atoms. The maximum atomic E-state index is 12.0. The molecule has 6 N–H and O–H groups in total. The molecule has 13 nitrogen and oxygen atoms in total. The summed E-state index contributed by atoms with van der Waals surface area (Å²) in [4.78, 5) is 59.6. The van der Waals surface area contributed by atoms with Crippen molar-refractivity contribution >= 4 is 24.0 Å². The number of hydrogen-bond acceptors (Lipinski definition) is 6. The lowest BCUT2D eigenvalue weighted by Gasteiger charge is -2.29. The number of carbonyl (C=O) groups is 2. The van der Waals surface area contributed by atoms with Gasteiger partial charge in [-0.1, -0.05) is 0 Å². The molecule has 32 heavy (non-hydrogen) atoms. The Balaban J connectivity index is 0.00000512. The Hall–Kier alpha value is -3.45. The first-order valence-electron chi connectivity index (χ1n) is 9.60. The van der Waals surface area contributed by atoms with Gasteiger partial charge in [0.25, 0.3) is 11.1 Å². The van der Waals surface area contributed by atoms with Crippen molar-refractivity contribution in [1.29, 1.82) is 0 Å². The van der Waals surface area contributed by atoms with Gasteiger partial charge in [-0.05, 0) is 13.8 Å². The molecule has 0 saturated carbocycles. The third-order valence-corrected chi connectivity index (χ3v) is 4.22. The van der Waals surface area contributed by atoms with Crippen LogP contribution < -0.4 is 44.8 Å². The number of anilines is 2. The maximum absolute atomic E-state index is 12.0. The van der Waals surface area contributed by atoms with Gasteiger partial charge in [-0.15, -0.1) is 0 Å². The van der Waals surface area contributed by atoms with Gasteiger partial charge in [0, 0.05) is 23.5 Å². The van der Waals surface area contributed by atoms with Crippen LogP contribution in [0.25, 0.3) is 0 Å². The number of halogens is 1. The van der Waals surface area contributed by atoms with E-state index in [2.05, 4.69) is 41.2 Å². The maximum Gasteiger partial charge on any atom is 0.321 e. The monoisotopic (exact) mass is 469 g/mol. The molecule has 0 bridgehead atoms. The summed E-state index contributed by atoms with van der Waals surface area (Å²) in [6, 6.07) is 1.69. The Bertz CT molecular complexity index is 970. The standard InChI is InChI=1S/C18H27N9O4.ClH/c1-11-9-13(28)23-15(21-11)25-17(30)19-5-7-27(3,4)8-6-20-18(31)26-16-22-12(2)10-14(29)24-16;/h9-10H,5-8H2,1-4H3,(H5-,19,20,21,22,23,24,25,26,28,29,30,31);1H. The highest BCUT2D eigenvalue weighted by Gasteiger charge is 2.16. The number of nitrogens with one attached hydrogen (secondary N) is 6. The van der Waals surface area contributed by atoms with Crippen molar-refractivity contribution in [3.05, 3.63) is 44.2 Å². The van der Waals surface area contributed by atoms with Crippen LogP contribution in [-0.4, -0.2) is 76.8 Å². The zero-order valence-electron chi connectivity index (χ0n) is 18.3. The van der Waals surface area contributed by atoms with Crippen LogP contribution in [0.1, 0.15) is 11.4 Å². The topological polar surface area (TPSA) is 174 Å². The summed E-state index contributed by atoms with van der Waals surface area (Å²) in [6.45, 7) is 5.32. The number of rotatable bonds is 8. The van der Waals surface area contributed by atoms with Crippen molar-refractivity contribution < 1.29 is 26.5 Å². The summed E-state index contributed by atoms with van der Waals surface area (Å²) in [7, 11) is 3.91. The predicted octanol–water partition coefficient (Wildman–Crippen LogP) is -3.51. The van der Waals surface area contributed by atoms with E-state index in [0.717, 1.165) is 0 Å². The third-order valence-electron chi connectivity index (χ3n) is 4.22. The lowest BCUT2D eigenvalue weighted by molar-refractivity contribution is -0.887. The fraction of sp³-hybridized carbons (Fsp3) is 0.444. The molecule has 0 aliphatic carbocycles. The number of carbonyl (C=O) groups excluding carboxylic acids is 2. The molecule has 0 atom stereocenters. The molecule has 2 aromatic rings. The third kappa shape index (κ3) is 9.57. The summed E-state index contributed by atoms with van der Waals surface area (Å²) in [5.41, 5.74) is 0.305. The number of likely N-dealkylation sites (N-methyl/N-ethyl adjacent to an activating group) is 1. The van der Waals surface area contributed by atoms with Crippen LogP contribution in [0.15, 0.2) is 21.7 Å². The molecule has 176 valence electrons. The Kier molecular flexibility index (Phi) is 9.81. The second kappa shape index (κ2) is 11.8. The summed E-state index contributed by atoms with van der Waals surface area (Å²) in [5.74, 6) is 0.159. The largest absolute Gasteiger partial charge is 1.00 e. The van der Waals surface area contributed by atoms with E-state index in [9.17, 15) is 19.2 Å². The average Bonchev–Trinajstić information content (AvgIpc) is 2.59. The second-order valence-electron chi connectivity index (χ2n) is 7.65. The van der Waals surface area contributed by atoms with Crippen LogP contribution in [0.4, 0.5) is 21.5 Å². The number of nitrogens with zero attached hydrogens (tertiary/aromatic N) is 3. The van der Waals surface area contributed by atoms with Gasteiger partial charge in [0.2, 0.25) is 11.9 Å². The molecule has 2 rings (SSSR count). The van der Waals surface area contributed by atoms with E-state index in [1.54, 1.807) is 13.8 Å². The zero-order valence-corrected chi connectivity index (χ0v) is 19.1. The smallest absolute Gasteiger partial charge is 0.321 e. The van der Waals surface area contributed by atoms with Crippen LogP contribution >= 0.6 is 0 Å². The normalized spacial score (nSPS) is 10.6. The van der Waals surface area contributed by atoms with Crippen LogP contribution in [0, 0.1) is 13.8 Å². The minimum absolute atomic E-state index is 0.